The van der Waals surface area contributed by atoms with Crippen molar-refractivity contribution in [3.63, 3.8) is 0 Å². The first-order chi connectivity index (χ1) is 9.77. The largest absolute Gasteiger partial charge is 0.465 e. The molecule has 2 aliphatic carbocycles. The van der Waals surface area contributed by atoms with Crippen LogP contribution in [0.2, 0.25) is 0 Å². The molecule has 0 saturated heterocycles. The summed E-state index contributed by atoms with van der Waals surface area (Å²) in [4.78, 5) is 12.2. The average Bonchev–Trinajstić information content (AvgIpc) is 3.09. The summed E-state index contributed by atoms with van der Waals surface area (Å²) in [7, 11) is 0. The third kappa shape index (κ3) is 4.10. The monoisotopic (exact) mass is 309 g/mol. The highest BCUT2D eigenvalue weighted by molar-refractivity contribution is 5.81. The van der Waals surface area contributed by atoms with E-state index in [-0.39, 0.29) is 25.0 Å². The summed E-state index contributed by atoms with van der Waals surface area (Å²) >= 11 is 0. The Bertz CT molecular complexity index is 384. The number of carbonyl (C=O) groups excluding carboxylic acids is 1. The summed E-state index contributed by atoms with van der Waals surface area (Å²) in [6.45, 7) is 2.98. The molecule has 0 aromatic heterocycles. The number of ether oxygens (including phenoxy) is 2. The van der Waals surface area contributed by atoms with Crippen molar-refractivity contribution in [1.82, 2.24) is 5.32 Å². The number of alkyl halides is 3. The van der Waals surface area contributed by atoms with E-state index in [1.165, 1.54) is 0 Å². The minimum atomic E-state index is -4.38. The van der Waals surface area contributed by atoms with Crippen LogP contribution in [-0.4, -0.2) is 42.5 Å². The summed E-state index contributed by atoms with van der Waals surface area (Å²) in [6.07, 6.45) is -3.66. The highest BCUT2D eigenvalue weighted by Crippen LogP contribution is 2.38. The van der Waals surface area contributed by atoms with Gasteiger partial charge in [0, 0.05) is 12.5 Å². The van der Waals surface area contributed by atoms with E-state index in [9.17, 15) is 18.0 Å². The molecule has 2 saturated carbocycles. The lowest BCUT2D eigenvalue weighted by Crippen LogP contribution is -2.52. The maximum Gasteiger partial charge on any atom is 0.414 e. The van der Waals surface area contributed by atoms with Crippen LogP contribution in [0.15, 0.2) is 0 Å². The number of carbonyl (C=O) groups is 1. The van der Waals surface area contributed by atoms with Crippen LogP contribution < -0.4 is 5.32 Å². The average molecular weight is 309 g/mol. The summed E-state index contributed by atoms with van der Waals surface area (Å²) < 4.78 is 47.9. The standard InChI is InChI=1S/C14H22F3NO3/c1-3-20-12(19)13(18-10-4-5-10)7-6-11(8-13)21-9(2)14(15,16)17/h9-11,18H,3-8H2,1-2H3. The lowest BCUT2D eigenvalue weighted by molar-refractivity contribution is -0.226. The van der Waals surface area contributed by atoms with E-state index >= 15 is 0 Å². The summed E-state index contributed by atoms with van der Waals surface area (Å²) in [5.74, 6) is -0.373. The zero-order valence-corrected chi connectivity index (χ0v) is 12.3. The Kier molecular flexibility index (Phi) is 4.82. The molecular formula is C14H22F3NO3. The summed E-state index contributed by atoms with van der Waals surface area (Å²) in [5, 5.41) is 3.26. The Labute approximate surface area is 122 Å². The fourth-order valence-corrected chi connectivity index (χ4v) is 2.75. The summed E-state index contributed by atoms with van der Waals surface area (Å²) in [5.41, 5.74) is -0.882. The molecule has 0 amide bonds. The van der Waals surface area contributed by atoms with Crippen LogP contribution in [0.5, 0.6) is 0 Å². The second-order valence-electron chi connectivity index (χ2n) is 5.91. The SMILES string of the molecule is CCOC(=O)C1(NC2CC2)CCC(OC(C)C(F)(F)F)C1. The Morgan fingerprint density at radius 1 is 1.38 bits per heavy atom. The molecule has 3 atom stereocenters. The van der Waals surface area contributed by atoms with Crippen molar-refractivity contribution in [2.24, 2.45) is 0 Å². The lowest BCUT2D eigenvalue weighted by Gasteiger charge is -2.29. The van der Waals surface area contributed by atoms with Gasteiger partial charge in [0.1, 0.15) is 5.54 Å². The summed E-state index contributed by atoms with van der Waals surface area (Å²) in [6, 6.07) is 0.271. The first-order valence-electron chi connectivity index (χ1n) is 7.44. The van der Waals surface area contributed by atoms with Gasteiger partial charge in [-0.2, -0.15) is 13.2 Å². The van der Waals surface area contributed by atoms with Crippen molar-refractivity contribution in [2.75, 3.05) is 6.61 Å². The highest BCUT2D eigenvalue weighted by Gasteiger charge is 2.51. The van der Waals surface area contributed by atoms with Crippen molar-refractivity contribution in [3.05, 3.63) is 0 Å². The molecular weight excluding hydrogens is 287 g/mol. The van der Waals surface area contributed by atoms with Crippen molar-refractivity contribution in [3.8, 4) is 0 Å². The Hall–Kier alpha value is -0.820. The molecule has 0 aromatic carbocycles. The molecule has 0 spiro atoms. The number of hydrogen-bond donors (Lipinski definition) is 1. The van der Waals surface area contributed by atoms with E-state index in [0.717, 1.165) is 19.8 Å². The van der Waals surface area contributed by atoms with Crippen LogP contribution in [0.25, 0.3) is 0 Å². The Morgan fingerprint density at radius 2 is 2.05 bits per heavy atom. The predicted molar refractivity (Wildman–Crippen MR) is 69.8 cm³/mol. The van der Waals surface area contributed by atoms with E-state index in [2.05, 4.69) is 5.32 Å². The van der Waals surface area contributed by atoms with E-state index < -0.39 is 23.9 Å². The fraction of sp³-hybridized carbons (Fsp3) is 0.929. The van der Waals surface area contributed by atoms with Crippen molar-refractivity contribution >= 4 is 5.97 Å². The van der Waals surface area contributed by atoms with E-state index in [0.29, 0.717) is 12.8 Å². The van der Waals surface area contributed by atoms with Gasteiger partial charge in [0.05, 0.1) is 12.7 Å². The quantitative estimate of drug-likeness (QED) is 0.766. The molecule has 0 aromatic rings. The number of hydrogen-bond acceptors (Lipinski definition) is 4. The van der Waals surface area contributed by atoms with Crippen molar-refractivity contribution < 1.29 is 27.4 Å². The first kappa shape index (κ1) is 16.5. The van der Waals surface area contributed by atoms with Crippen LogP contribution >= 0.6 is 0 Å². The molecule has 0 bridgehead atoms. The van der Waals surface area contributed by atoms with Gasteiger partial charge in [-0.3, -0.25) is 10.1 Å². The minimum absolute atomic E-state index is 0.239. The molecule has 2 fully saturated rings. The number of halogens is 3. The molecule has 0 heterocycles. The molecule has 122 valence electrons. The fourth-order valence-electron chi connectivity index (χ4n) is 2.75. The van der Waals surface area contributed by atoms with Crippen molar-refractivity contribution in [2.45, 2.75) is 75.9 Å². The van der Waals surface area contributed by atoms with Gasteiger partial charge in [0.25, 0.3) is 0 Å². The van der Waals surface area contributed by atoms with Crippen LogP contribution in [0.3, 0.4) is 0 Å². The van der Waals surface area contributed by atoms with Gasteiger partial charge in [0.2, 0.25) is 0 Å². The smallest absolute Gasteiger partial charge is 0.414 e. The second kappa shape index (κ2) is 6.12. The number of nitrogens with one attached hydrogen (secondary N) is 1. The van der Waals surface area contributed by atoms with Gasteiger partial charge in [-0.15, -0.1) is 0 Å². The van der Waals surface area contributed by atoms with Gasteiger partial charge in [-0.05, 0) is 39.5 Å². The van der Waals surface area contributed by atoms with Gasteiger partial charge >= 0.3 is 12.1 Å². The van der Waals surface area contributed by atoms with Crippen molar-refractivity contribution in [1.29, 1.82) is 0 Å². The molecule has 0 radical (unpaired) electrons. The lowest BCUT2D eigenvalue weighted by atomic mass is 9.97. The molecule has 2 aliphatic rings. The van der Waals surface area contributed by atoms with E-state index in [1.54, 1.807) is 6.92 Å². The topological polar surface area (TPSA) is 47.6 Å². The first-order valence-corrected chi connectivity index (χ1v) is 7.44. The van der Waals surface area contributed by atoms with Crippen LogP contribution in [0.1, 0.15) is 46.0 Å². The van der Waals surface area contributed by atoms with Gasteiger partial charge < -0.3 is 9.47 Å². The molecule has 4 nitrogen and oxygen atoms in total. The zero-order chi connectivity index (χ0) is 15.7. The molecule has 7 heteroatoms. The Morgan fingerprint density at radius 3 is 2.57 bits per heavy atom. The third-order valence-electron chi connectivity index (χ3n) is 4.05. The molecule has 0 aliphatic heterocycles. The van der Waals surface area contributed by atoms with Crippen LogP contribution in [-0.2, 0) is 14.3 Å². The van der Waals surface area contributed by atoms with E-state index in [4.69, 9.17) is 9.47 Å². The van der Waals surface area contributed by atoms with Gasteiger partial charge in [-0.25, -0.2) is 0 Å². The Balaban J connectivity index is 1.98. The van der Waals surface area contributed by atoms with Crippen LogP contribution in [0, 0.1) is 0 Å². The zero-order valence-electron chi connectivity index (χ0n) is 12.3. The second-order valence-corrected chi connectivity index (χ2v) is 5.91. The van der Waals surface area contributed by atoms with E-state index in [1.807, 2.05) is 0 Å². The highest BCUT2D eigenvalue weighted by atomic mass is 19.4. The van der Waals surface area contributed by atoms with Gasteiger partial charge in [0.15, 0.2) is 6.10 Å². The van der Waals surface area contributed by atoms with Gasteiger partial charge in [-0.1, -0.05) is 0 Å². The minimum Gasteiger partial charge on any atom is -0.465 e. The predicted octanol–water partition coefficient (Wildman–Crippen LogP) is 2.56. The number of esters is 1. The molecule has 2 rings (SSSR count). The number of rotatable bonds is 6. The normalized spacial score (nSPS) is 31.2. The molecule has 21 heavy (non-hydrogen) atoms. The third-order valence-corrected chi connectivity index (χ3v) is 4.05. The maximum atomic E-state index is 12.6. The molecule has 1 N–H and O–H groups in total. The molecule has 3 unspecified atom stereocenters. The maximum absolute atomic E-state index is 12.6. The van der Waals surface area contributed by atoms with Crippen LogP contribution in [0.4, 0.5) is 13.2 Å².